The van der Waals surface area contributed by atoms with Gasteiger partial charge in [-0.2, -0.15) is 4.98 Å². The van der Waals surface area contributed by atoms with Crippen molar-refractivity contribution in [2.24, 2.45) is 5.92 Å². The van der Waals surface area contributed by atoms with E-state index in [0.29, 0.717) is 23.5 Å². The van der Waals surface area contributed by atoms with Gasteiger partial charge in [-0.1, -0.05) is 22.0 Å². The van der Waals surface area contributed by atoms with E-state index in [-0.39, 0.29) is 5.91 Å². The van der Waals surface area contributed by atoms with Crippen molar-refractivity contribution in [3.8, 4) is 0 Å². The summed E-state index contributed by atoms with van der Waals surface area (Å²) in [5.41, 5.74) is 0.692. The van der Waals surface area contributed by atoms with Crippen LogP contribution in [0.3, 0.4) is 0 Å². The van der Waals surface area contributed by atoms with Crippen LogP contribution in [0.15, 0.2) is 41.0 Å². The summed E-state index contributed by atoms with van der Waals surface area (Å²) in [4.78, 5) is 23.1. The number of nitrogens with one attached hydrogen (secondary N) is 2. The van der Waals surface area contributed by atoms with Gasteiger partial charge in [-0.3, -0.25) is 4.79 Å². The molecule has 1 fully saturated rings. The molecule has 0 radical (unpaired) electrons. The number of hydrogen-bond donors (Lipinski definition) is 2. The van der Waals surface area contributed by atoms with Gasteiger partial charge in [-0.05, 0) is 55.9 Å². The predicted octanol–water partition coefficient (Wildman–Crippen LogP) is 3.71. The first kappa shape index (κ1) is 19.6. The van der Waals surface area contributed by atoms with Crippen LogP contribution in [0, 0.1) is 5.92 Å². The second-order valence-corrected chi connectivity index (χ2v) is 8.13. The Morgan fingerprint density at radius 2 is 2.00 bits per heavy atom. The van der Waals surface area contributed by atoms with Crippen LogP contribution in [-0.2, 0) is 0 Å². The Labute approximate surface area is 168 Å². The number of anilines is 2. The zero-order valence-corrected chi connectivity index (χ0v) is 17.4. The summed E-state index contributed by atoms with van der Waals surface area (Å²) in [6.07, 6.45) is 6.08. The standard InChI is InChI=1S/C20H26BrN5O/c1-26(2)18-10-11-22-20(25-18)24-17-8-6-14(7-9-17)13-23-19(27)15-4-3-5-16(21)12-15/h3-5,10-12,14,17H,6-9,13H2,1-2H3,(H,23,27)(H,22,24,25). The molecule has 0 spiro atoms. The number of halogens is 1. The SMILES string of the molecule is CN(C)c1ccnc(NC2CCC(CNC(=O)c3cccc(Br)c3)CC2)n1. The molecule has 2 N–H and O–H groups in total. The van der Waals surface area contributed by atoms with Gasteiger partial charge in [-0.15, -0.1) is 0 Å². The van der Waals surface area contributed by atoms with Crippen molar-refractivity contribution in [2.75, 3.05) is 30.9 Å². The van der Waals surface area contributed by atoms with Gasteiger partial charge in [0.2, 0.25) is 5.95 Å². The molecule has 0 bridgehead atoms. The molecule has 1 aromatic heterocycles. The Hall–Kier alpha value is -2.15. The topological polar surface area (TPSA) is 70.2 Å². The van der Waals surface area contributed by atoms with Crippen LogP contribution in [0.2, 0.25) is 0 Å². The molecule has 3 rings (SSSR count). The fraction of sp³-hybridized carbons (Fsp3) is 0.450. The summed E-state index contributed by atoms with van der Waals surface area (Å²) < 4.78 is 0.919. The number of carbonyl (C=O) groups is 1. The minimum absolute atomic E-state index is 0.00884. The second kappa shape index (κ2) is 9.17. The molecule has 144 valence electrons. The molecular formula is C20H26BrN5O. The van der Waals surface area contributed by atoms with Crippen LogP contribution >= 0.6 is 15.9 Å². The highest BCUT2D eigenvalue weighted by molar-refractivity contribution is 9.10. The average molecular weight is 432 g/mol. The predicted molar refractivity (Wildman–Crippen MR) is 112 cm³/mol. The first-order chi connectivity index (χ1) is 13.0. The fourth-order valence-electron chi connectivity index (χ4n) is 3.33. The maximum absolute atomic E-state index is 12.3. The van der Waals surface area contributed by atoms with Crippen molar-refractivity contribution >= 4 is 33.6 Å². The van der Waals surface area contributed by atoms with E-state index in [1.165, 1.54) is 0 Å². The monoisotopic (exact) mass is 431 g/mol. The van der Waals surface area contributed by atoms with Gasteiger partial charge in [0.05, 0.1) is 0 Å². The summed E-state index contributed by atoms with van der Waals surface area (Å²) in [5, 5.41) is 6.52. The Kier molecular flexibility index (Phi) is 6.66. The van der Waals surface area contributed by atoms with E-state index < -0.39 is 0 Å². The quantitative estimate of drug-likeness (QED) is 0.729. The van der Waals surface area contributed by atoms with Crippen LogP contribution in [0.1, 0.15) is 36.0 Å². The van der Waals surface area contributed by atoms with E-state index in [2.05, 4.69) is 36.5 Å². The summed E-state index contributed by atoms with van der Waals surface area (Å²) in [6, 6.07) is 9.77. The van der Waals surface area contributed by atoms with E-state index >= 15 is 0 Å². The maximum Gasteiger partial charge on any atom is 0.251 e. The zero-order chi connectivity index (χ0) is 19.2. The third-order valence-electron chi connectivity index (χ3n) is 4.92. The molecule has 0 unspecified atom stereocenters. The third kappa shape index (κ3) is 5.66. The van der Waals surface area contributed by atoms with Crippen molar-refractivity contribution in [3.63, 3.8) is 0 Å². The molecule has 1 saturated carbocycles. The van der Waals surface area contributed by atoms with Crippen LogP contribution in [0.5, 0.6) is 0 Å². The molecule has 2 aromatic rings. The van der Waals surface area contributed by atoms with E-state index in [4.69, 9.17) is 0 Å². The van der Waals surface area contributed by atoms with Crippen LogP contribution in [-0.4, -0.2) is 42.6 Å². The van der Waals surface area contributed by atoms with Crippen LogP contribution in [0.4, 0.5) is 11.8 Å². The molecule has 0 atom stereocenters. The van der Waals surface area contributed by atoms with Crippen LogP contribution in [0.25, 0.3) is 0 Å². The summed E-state index contributed by atoms with van der Waals surface area (Å²) in [6.45, 7) is 0.727. The number of carbonyl (C=O) groups excluding carboxylic acids is 1. The molecule has 1 amide bonds. The largest absolute Gasteiger partial charge is 0.363 e. The lowest BCUT2D eigenvalue weighted by Gasteiger charge is -2.29. The molecule has 0 saturated heterocycles. The second-order valence-electron chi connectivity index (χ2n) is 7.22. The highest BCUT2D eigenvalue weighted by Gasteiger charge is 2.22. The number of aromatic nitrogens is 2. The third-order valence-corrected chi connectivity index (χ3v) is 5.41. The number of amides is 1. The number of hydrogen-bond acceptors (Lipinski definition) is 5. The molecule has 6 nitrogen and oxygen atoms in total. The lowest BCUT2D eigenvalue weighted by molar-refractivity contribution is 0.0943. The van der Waals surface area contributed by atoms with Gasteiger partial charge in [0.25, 0.3) is 5.91 Å². The molecular weight excluding hydrogens is 406 g/mol. The molecule has 0 aliphatic heterocycles. The smallest absolute Gasteiger partial charge is 0.251 e. The van der Waals surface area contributed by atoms with E-state index in [9.17, 15) is 4.79 Å². The molecule has 1 aliphatic carbocycles. The molecule has 7 heteroatoms. The number of rotatable bonds is 6. The van der Waals surface area contributed by atoms with Crippen molar-refractivity contribution in [1.82, 2.24) is 15.3 Å². The molecule has 1 heterocycles. The Morgan fingerprint density at radius 1 is 1.22 bits per heavy atom. The van der Waals surface area contributed by atoms with Gasteiger partial charge < -0.3 is 15.5 Å². The lowest BCUT2D eigenvalue weighted by Crippen LogP contribution is -2.34. The normalized spacial score (nSPS) is 19.4. The van der Waals surface area contributed by atoms with E-state index in [1.807, 2.05) is 49.3 Å². The van der Waals surface area contributed by atoms with Gasteiger partial charge in [0.1, 0.15) is 5.82 Å². The molecule has 27 heavy (non-hydrogen) atoms. The molecule has 1 aromatic carbocycles. The summed E-state index contributed by atoms with van der Waals surface area (Å²) in [5.74, 6) is 2.10. The van der Waals surface area contributed by atoms with Crippen LogP contribution < -0.4 is 15.5 Å². The minimum Gasteiger partial charge on any atom is -0.363 e. The number of benzene rings is 1. The van der Waals surface area contributed by atoms with Gasteiger partial charge in [0.15, 0.2) is 0 Å². The van der Waals surface area contributed by atoms with Crippen molar-refractivity contribution in [2.45, 2.75) is 31.7 Å². The lowest BCUT2D eigenvalue weighted by atomic mass is 9.86. The van der Waals surface area contributed by atoms with Crippen molar-refractivity contribution in [1.29, 1.82) is 0 Å². The first-order valence-electron chi connectivity index (χ1n) is 9.32. The van der Waals surface area contributed by atoms with Gasteiger partial charge >= 0.3 is 0 Å². The van der Waals surface area contributed by atoms with Gasteiger partial charge in [-0.25, -0.2) is 4.98 Å². The van der Waals surface area contributed by atoms with E-state index in [0.717, 1.165) is 42.5 Å². The van der Waals surface area contributed by atoms with Crippen molar-refractivity contribution in [3.05, 3.63) is 46.6 Å². The zero-order valence-electron chi connectivity index (χ0n) is 15.8. The van der Waals surface area contributed by atoms with Crippen molar-refractivity contribution < 1.29 is 4.79 Å². The first-order valence-corrected chi connectivity index (χ1v) is 10.1. The Balaban J connectivity index is 1.44. The van der Waals surface area contributed by atoms with E-state index in [1.54, 1.807) is 6.20 Å². The average Bonchev–Trinajstić information content (AvgIpc) is 2.67. The summed E-state index contributed by atoms with van der Waals surface area (Å²) >= 11 is 3.40. The Morgan fingerprint density at radius 3 is 2.70 bits per heavy atom. The minimum atomic E-state index is -0.00884. The maximum atomic E-state index is 12.3. The fourth-order valence-corrected chi connectivity index (χ4v) is 3.73. The van der Waals surface area contributed by atoms with Gasteiger partial charge in [0, 0.05) is 42.9 Å². The summed E-state index contributed by atoms with van der Waals surface area (Å²) in [7, 11) is 3.94. The highest BCUT2D eigenvalue weighted by Crippen LogP contribution is 2.26. The molecule has 1 aliphatic rings. The number of nitrogens with zero attached hydrogens (tertiary/aromatic N) is 3. The Bertz CT molecular complexity index is 774. The highest BCUT2D eigenvalue weighted by atomic mass is 79.9.